The Bertz CT molecular complexity index is 1230. The highest BCUT2D eigenvalue weighted by atomic mass is 32.2. The largest absolute Gasteiger partial charge is 0.378 e. The van der Waals surface area contributed by atoms with Crippen LogP contribution in [0.15, 0.2) is 35.4 Å². The number of hydrogen-bond acceptors (Lipinski definition) is 8. The van der Waals surface area contributed by atoms with Gasteiger partial charge < -0.3 is 15.4 Å². The minimum absolute atomic E-state index is 0.218. The van der Waals surface area contributed by atoms with E-state index in [0.29, 0.717) is 48.6 Å². The highest BCUT2D eigenvalue weighted by Crippen LogP contribution is 2.27. The van der Waals surface area contributed by atoms with Gasteiger partial charge in [0.05, 0.1) is 18.1 Å². The number of hydrogen-bond donors (Lipinski definition) is 3. The summed E-state index contributed by atoms with van der Waals surface area (Å²) in [7, 11) is -3.66. The van der Waals surface area contributed by atoms with E-state index in [1.54, 1.807) is 31.3 Å². The molecule has 10 nitrogen and oxygen atoms in total. The molecule has 32 heavy (non-hydrogen) atoms. The molecule has 1 aliphatic heterocycles. The van der Waals surface area contributed by atoms with Gasteiger partial charge in [0.15, 0.2) is 5.82 Å². The van der Waals surface area contributed by atoms with E-state index >= 15 is 0 Å². The molecule has 0 amide bonds. The average molecular weight is 458 g/mol. The van der Waals surface area contributed by atoms with Crippen LogP contribution in [0.25, 0.3) is 0 Å². The Morgan fingerprint density at radius 3 is 2.72 bits per heavy atom. The Hall–Kier alpha value is -3.02. The molecular weight excluding hydrogens is 430 g/mol. The molecule has 170 valence electrons. The summed E-state index contributed by atoms with van der Waals surface area (Å²) in [6.45, 7) is 8.66. The van der Waals surface area contributed by atoms with E-state index < -0.39 is 10.0 Å². The quantitative estimate of drug-likeness (QED) is 0.516. The van der Waals surface area contributed by atoms with Gasteiger partial charge in [0.2, 0.25) is 16.0 Å². The molecule has 0 spiro atoms. The molecule has 4 rings (SSSR count). The number of sulfonamides is 1. The first-order valence-corrected chi connectivity index (χ1v) is 11.8. The number of ether oxygens (including phenoxy) is 1. The number of anilines is 4. The molecule has 1 atom stereocenters. The number of nitrogens with zero attached hydrogens (tertiary/aromatic N) is 4. The van der Waals surface area contributed by atoms with Crippen LogP contribution < -0.4 is 10.6 Å². The molecule has 0 unspecified atom stereocenters. The van der Waals surface area contributed by atoms with Crippen molar-refractivity contribution >= 4 is 33.3 Å². The zero-order valence-electron chi connectivity index (χ0n) is 18.5. The van der Waals surface area contributed by atoms with Crippen molar-refractivity contribution in [3.05, 3.63) is 47.3 Å². The summed E-state index contributed by atoms with van der Waals surface area (Å²) < 4.78 is 33.5. The first-order chi connectivity index (χ1) is 15.3. The van der Waals surface area contributed by atoms with E-state index in [-0.39, 0.29) is 10.9 Å². The van der Waals surface area contributed by atoms with Crippen molar-refractivity contribution in [3.8, 4) is 0 Å². The lowest BCUT2D eigenvalue weighted by Crippen LogP contribution is -2.47. The molecule has 1 fully saturated rings. The second-order valence-electron chi connectivity index (χ2n) is 7.86. The molecule has 3 heterocycles. The normalized spacial score (nSPS) is 17.3. The second kappa shape index (κ2) is 8.85. The molecule has 1 saturated heterocycles. The predicted molar refractivity (Wildman–Crippen MR) is 122 cm³/mol. The summed E-state index contributed by atoms with van der Waals surface area (Å²) >= 11 is 0. The van der Waals surface area contributed by atoms with Gasteiger partial charge in [-0.25, -0.2) is 13.4 Å². The monoisotopic (exact) mass is 457 g/mol. The summed E-state index contributed by atoms with van der Waals surface area (Å²) in [6.07, 6.45) is 1.62. The number of nitrogens with one attached hydrogen (secondary N) is 3. The third-order valence-electron chi connectivity index (χ3n) is 5.49. The lowest BCUT2D eigenvalue weighted by Gasteiger charge is -2.32. The van der Waals surface area contributed by atoms with Crippen molar-refractivity contribution in [3.63, 3.8) is 0 Å². The second-order valence-corrected chi connectivity index (χ2v) is 9.72. The van der Waals surface area contributed by atoms with Crippen molar-refractivity contribution in [1.29, 1.82) is 0 Å². The summed E-state index contributed by atoms with van der Waals surface area (Å²) in [5.41, 5.74) is 3.24. The first-order valence-electron chi connectivity index (χ1n) is 10.3. The van der Waals surface area contributed by atoms with Crippen LogP contribution in [0.2, 0.25) is 0 Å². The Morgan fingerprint density at radius 2 is 2.00 bits per heavy atom. The van der Waals surface area contributed by atoms with Crippen molar-refractivity contribution in [2.24, 2.45) is 0 Å². The number of morpholine rings is 1. The number of aromatic nitrogens is 4. The maximum atomic E-state index is 13.3. The molecule has 1 aromatic carbocycles. The summed E-state index contributed by atoms with van der Waals surface area (Å²) in [4.78, 5) is 8.98. The van der Waals surface area contributed by atoms with Gasteiger partial charge in [-0.2, -0.15) is 14.4 Å². The number of aryl methyl sites for hydroxylation is 2. The number of benzene rings is 1. The first kappa shape index (κ1) is 22.2. The minimum Gasteiger partial charge on any atom is -0.378 e. The molecule has 2 aromatic heterocycles. The standard InChI is InChI=1S/C21H27N7O3S/c1-13-5-6-17(11-18(13)32(29,30)28-9-10-31-12-14(28)2)23-21-22-8-7-19(25-21)24-20-15(3)16(4)26-27-20/h5-8,11,14H,9-10,12H2,1-4H3,(H3,22,23,24,25,26,27)/t14-/m0/s1. The maximum Gasteiger partial charge on any atom is 0.243 e. The Balaban J connectivity index is 1.57. The van der Waals surface area contributed by atoms with Crippen molar-refractivity contribution in [2.45, 2.75) is 38.6 Å². The smallest absolute Gasteiger partial charge is 0.243 e. The predicted octanol–water partition coefficient (Wildman–Crippen LogP) is 3.02. The molecule has 0 radical (unpaired) electrons. The van der Waals surface area contributed by atoms with E-state index in [0.717, 1.165) is 11.3 Å². The lowest BCUT2D eigenvalue weighted by molar-refractivity contribution is 0.0392. The Morgan fingerprint density at radius 1 is 1.19 bits per heavy atom. The molecular formula is C21H27N7O3S. The van der Waals surface area contributed by atoms with Crippen molar-refractivity contribution in [1.82, 2.24) is 24.5 Å². The van der Waals surface area contributed by atoms with Crippen LogP contribution >= 0.6 is 0 Å². The van der Waals surface area contributed by atoms with Crippen LogP contribution in [0.4, 0.5) is 23.3 Å². The van der Waals surface area contributed by atoms with Crippen molar-refractivity contribution in [2.75, 3.05) is 30.4 Å². The van der Waals surface area contributed by atoms with Crippen LogP contribution in [0, 0.1) is 20.8 Å². The van der Waals surface area contributed by atoms with Crippen LogP contribution in [-0.2, 0) is 14.8 Å². The molecule has 3 N–H and O–H groups in total. The van der Waals surface area contributed by atoms with Gasteiger partial charge in [0.1, 0.15) is 5.82 Å². The molecule has 1 aliphatic rings. The fraction of sp³-hybridized carbons (Fsp3) is 0.381. The molecule has 3 aromatic rings. The van der Waals surface area contributed by atoms with Crippen LogP contribution in [-0.4, -0.2) is 58.7 Å². The van der Waals surface area contributed by atoms with Crippen LogP contribution in [0.1, 0.15) is 23.7 Å². The van der Waals surface area contributed by atoms with Gasteiger partial charge in [0.25, 0.3) is 0 Å². The van der Waals surface area contributed by atoms with E-state index in [1.165, 1.54) is 4.31 Å². The summed E-state index contributed by atoms with van der Waals surface area (Å²) in [6, 6.07) is 6.72. The molecule has 11 heteroatoms. The van der Waals surface area contributed by atoms with Gasteiger partial charge in [-0.3, -0.25) is 5.10 Å². The maximum absolute atomic E-state index is 13.3. The Labute approximate surface area is 187 Å². The van der Waals surface area contributed by atoms with Crippen molar-refractivity contribution < 1.29 is 13.2 Å². The van der Waals surface area contributed by atoms with E-state index in [9.17, 15) is 8.42 Å². The van der Waals surface area contributed by atoms with E-state index in [2.05, 4.69) is 30.8 Å². The van der Waals surface area contributed by atoms with Gasteiger partial charge in [-0.1, -0.05) is 6.07 Å². The number of aromatic amines is 1. The number of H-pyrrole nitrogens is 1. The topological polar surface area (TPSA) is 125 Å². The SMILES string of the molecule is Cc1ccc(Nc2nccc(Nc3n[nH]c(C)c3C)n2)cc1S(=O)(=O)N1CCOC[C@@H]1C. The fourth-order valence-electron chi connectivity index (χ4n) is 3.50. The number of rotatable bonds is 6. The summed E-state index contributed by atoms with van der Waals surface area (Å²) in [5.74, 6) is 1.60. The zero-order chi connectivity index (χ0) is 22.9. The lowest BCUT2D eigenvalue weighted by atomic mass is 10.2. The summed E-state index contributed by atoms with van der Waals surface area (Å²) in [5, 5.41) is 13.4. The molecule has 0 aliphatic carbocycles. The van der Waals surface area contributed by atoms with Gasteiger partial charge >= 0.3 is 0 Å². The third kappa shape index (κ3) is 4.45. The fourth-order valence-corrected chi connectivity index (χ4v) is 5.35. The molecule has 0 saturated carbocycles. The minimum atomic E-state index is -3.66. The third-order valence-corrected chi connectivity index (χ3v) is 7.65. The van der Waals surface area contributed by atoms with Crippen LogP contribution in [0.5, 0.6) is 0 Å². The Kier molecular flexibility index (Phi) is 6.13. The van der Waals surface area contributed by atoms with Gasteiger partial charge in [-0.15, -0.1) is 0 Å². The van der Waals surface area contributed by atoms with E-state index in [1.807, 2.05) is 26.8 Å². The average Bonchev–Trinajstić information content (AvgIpc) is 3.07. The van der Waals surface area contributed by atoms with E-state index in [4.69, 9.17) is 4.74 Å². The highest BCUT2D eigenvalue weighted by molar-refractivity contribution is 7.89. The highest BCUT2D eigenvalue weighted by Gasteiger charge is 2.32. The van der Waals surface area contributed by atoms with Gasteiger partial charge in [0, 0.05) is 35.7 Å². The molecule has 0 bridgehead atoms. The zero-order valence-corrected chi connectivity index (χ0v) is 19.3. The van der Waals surface area contributed by atoms with Gasteiger partial charge in [-0.05, 0) is 51.5 Å². The van der Waals surface area contributed by atoms with Crippen LogP contribution in [0.3, 0.4) is 0 Å².